The summed E-state index contributed by atoms with van der Waals surface area (Å²) in [4.78, 5) is 78.5. The lowest BCUT2D eigenvalue weighted by molar-refractivity contribution is -0.137. The molecule has 0 bridgehead atoms. The molecule has 0 saturated carbocycles. The molecule has 7 heterocycles. The molecule has 3 fully saturated rings. The van der Waals surface area contributed by atoms with Crippen molar-refractivity contribution in [2.75, 3.05) is 37.7 Å². The second-order valence-corrected chi connectivity index (χ2v) is 16.2. The van der Waals surface area contributed by atoms with Crippen LogP contribution in [-0.2, 0) is 43.5 Å². The highest BCUT2D eigenvalue weighted by atomic mass is 16.5. The van der Waals surface area contributed by atoms with Crippen LogP contribution in [0.25, 0.3) is 22.2 Å². The van der Waals surface area contributed by atoms with Crippen molar-refractivity contribution in [3.8, 4) is 23.1 Å². The smallest absolute Gasteiger partial charge is 0.255 e. The summed E-state index contributed by atoms with van der Waals surface area (Å²) in [7, 11) is 0. The van der Waals surface area contributed by atoms with E-state index in [4.69, 9.17) is 14.7 Å². The van der Waals surface area contributed by atoms with Gasteiger partial charge in [0.15, 0.2) is 0 Å². The number of rotatable bonds is 7. The van der Waals surface area contributed by atoms with E-state index >= 15 is 0 Å². The molecule has 1 unspecified atom stereocenters. The van der Waals surface area contributed by atoms with Crippen LogP contribution in [0.15, 0.2) is 48.7 Å². The third kappa shape index (κ3) is 7.67. The lowest BCUT2D eigenvalue weighted by atomic mass is 9.99. The molecule has 2 N–H and O–H groups in total. The second-order valence-electron chi connectivity index (χ2n) is 16.2. The molecule has 0 radical (unpaired) electrons. The molecule has 59 heavy (non-hydrogen) atoms. The minimum atomic E-state index is -0.681. The van der Waals surface area contributed by atoms with Crippen molar-refractivity contribution in [1.29, 1.82) is 0 Å². The largest absolute Gasteiger partial charge is 0.381 e. The van der Waals surface area contributed by atoms with Gasteiger partial charge in [-0.05, 0) is 68.0 Å². The number of imide groups is 1. The Balaban J connectivity index is 0.811. The highest BCUT2D eigenvalue weighted by Gasteiger charge is 2.40. The van der Waals surface area contributed by atoms with Gasteiger partial charge in [-0.15, -0.1) is 0 Å². The predicted octanol–water partition coefficient (Wildman–Crippen LogP) is 4.03. The van der Waals surface area contributed by atoms with E-state index in [0.29, 0.717) is 43.0 Å². The van der Waals surface area contributed by atoms with Gasteiger partial charge in [-0.3, -0.25) is 34.3 Å². The van der Waals surface area contributed by atoms with Crippen molar-refractivity contribution < 1.29 is 28.7 Å². The zero-order valence-corrected chi connectivity index (χ0v) is 33.3. The van der Waals surface area contributed by atoms with Gasteiger partial charge in [0.05, 0.1) is 23.4 Å². The highest BCUT2D eigenvalue weighted by Crippen LogP contribution is 2.38. The van der Waals surface area contributed by atoms with Crippen LogP contribution >= 0.6 is 0 Å². The molecule has 9 rings (SSSR count). The van der Waals surface area contributed by atoms with Crippen molar-refractivity contribution in [3.63, 3.8) is 0 Å². The molecular weight excluding hydrogens is 749 g/mol. The van der Waals surface area contributed by atoms with Crippen molar-refractivity contribution in [1.82, 2.24) is 35.0 Å². The van der Waals surface area contributed by atoms with E-state index in [-0.39, 0.29) is 49.1 Å². The van der Waals surface area contributed by atoms with Gasteiger partial charge in [0.25, 0.3) is 5.91 Å². The molecule has 2 aromatic carbocycles. The van der Waals surface area contributed by atoms with E-state index < -0.39 is 11.9 Å². The minimum absolute atomic E-state index is 0.0365. The first-order valence-corrected chi connectivity index (χ1v) is 20.8. The summed E-state index contributed by atoms with van der Waals surface area (Å²) < 4.78 is 8.01. The average Bonchev–Trinajstić information content (AvgIpc) is 3.80. The average molecular weight is 797 g/mol. The summed E-state index contributed by atoms with van der Waals surface area (Å²) in [6.07, 6.45) is 6.53. The molecule has 5 aliphatic heterocycles. The molecule has 0 spiro atoms. The lowest BCUT2D eigenvalue weighted by Gasteiger charge is -2.34. The number of imidazole rings is 1. The zero-order valence-electron chi connectivity index (χ0n) is 33.3. The fourth-order valence-corrected chi connectivity index (χ4v) is 9.31. The summed E-state index contributed by atoms with van der Waals surface area (Å²) >= 11 is 0. The van der Waals surface area contributed by atoms with Crippen LogP contribution in [0.4, 0.5) is 5.69 Å². The molecule has 304 valence electrons. The maximum Gasteiger partial charge on any atom is 0.255 e. The molecule has 14 nitrogen and oxygen atoms in total. The molecule has 5 aliphatic rings. The zero-order chi connectivity index (χ0) is 40.6. The molecule has 2 aromatic heterocycles. The van der Waals surface area contributed by atoms with Crippen LogP contribution < -0.4 is 15.5 Å². The number of nitrogens with one attached hydrogen (secondary N) is 2. The standard InChI is InChI=1S/C45H48N8O6/c1-28(54)51-21-22-52-39(27-51)42(49-43(52)30-16-23-59-24-17-30)34-13-18-46-37-25-32(9-10-33(34)37)50-19-14-31(15-20-50)47-40(55)8-3-2-5-29-6-4-7-35-36(29)26-53(45(35)58)38-11-12-41(56)48-44(38)57/h4,6-7,9-10,13,18,25,30-31,38H,3,8,11-12,14-17,19-24,26-27H2,1H3,(H,47,55)(H,48,56,57). The van der Waals surface area contributed by atoms with Gasteiger partial charge in [-0.1, -0.05) is 24.0 Å². The second kappa shape index (κ2) is 16.3. The van der Waals surface area contributed by atoms with Crippen LogP contribution in [0, 0.1) is 11.8 Å². The lowest BCUT2D eigenvalue weighted by Crippen LogP contribution is -2.52. The minimum Gasteiger partial charge on any atom is -0.381 e. The summed E-state index contributed by atoms with van der Waals surface area (Å²) in [5.41, 5.74) is 7.02. The van der Waals surface area contributed by atoms with Crippen molar-refractivity contribution in [2.24, 2.45) is 0 Å². The number of hydrogen-bond acceptors (Lipinski definition) is 9. The Labute approximate surface area is 342 Å². The Bertz CT molecular complexity index is 2420. The number of hydrogen-bond donors (Lipinski definition) is 2. The number of fused-ring (bicyclic) bond motifs is 3. The van der Waals surface area contributed by atoms with E-state index in [1.54, 1.807) is 19.1 Å². The van der Waals surface area contributed by atoms with Gasteiger partial charge in [0.1, 0.15) is 11.9 Å². The fraction of sp³-hybridized carbons (Fsp3) is 0.444. The maximum atomic E-state index is 13.1. The Morgan fingerprint density at radius 2 is 1.78 bits per heavy atom. The van der Waals surface area contributed by atoms with E-state index in [2.05, 4.69) is 50.1 Å². The molecule has 5 amide bonds. The first-order chi connectivity index (χ1) is 28.7. The quantitative estimate of drug-likeness (QED) is 0.208. The van der Waals surface area contributed by atoms with Crippen LogP contribution in [0.5, 0.6) is 0 Å². The number of benzene rings is 2. The number of nitrogens with zero attached hydrogens (tertiary/aromatic N) is 6. The Hall–Kier alpha value is -6.07. The summed E-state index contributed by atoms with van der Waals surface area (Å²) in [6, 6.07) is 13.2. The summed E-state index contributed by atoms with van der Waals surface area (Å²) in [6.45, 7) is 6.92. The molecule has 0 aliphatic carbocycles. The predicted molar refractivity (Wildman–Crippen MR) is 219 cm³/mol. The Morgan fingerprint density at radius 1 is 0.949 bits per heavy atom. The summed E-state index contributed by atoms with van der Waals surface area (Å²) in [5, 5.41) is 6.57. The fourth-order valence-electron chi connectivity index (χ4n) is 9.31. The number of piperidine rings is 2. The first kappa shape index (κ1) is 38.4. The third-order valence-electron chi connectivity index (χ3n) is 12.6. The highest BCUT2D eigenvalue weighted by molar-refractivity contribution is 6.05. The number of pyridine rings is 1. The van der Waals surface area contributed by atoms with Crippen LogP contribution in [0.1, 0.15) is 97.2 Å². The molecule has 1 atom stereocenters. The van der Waals surface area contributed by atoms with Crippen molar-refractivity contribution in [2.45, 2.75) is 95.9 Å². The van der Waals surface area contributed by atoms with Gasteiger partial charge >= 0.3 is 0 Å². The third-order valence-corrected chi connectivity index (χ3v) is 12.6. The van der Waals surface area contributed by atoms with Gasteiger partial charge < -0.3 is 29.3 Å². The van der Waals surface area contributed by atoms with Crippen LogP contribution in [-0.4, -0.2) is 98.8 Å². The summed E-state index contributed by atoms with van der Waals surface area (Å²) in [5.74, 6) is 6.74. The van der Waals surface area contributed by atoms with E-state index in [0.717, 1.165) is 103 Å². The van der Waals surface area contributed by atoms with Gasteiger partial charge in [-0.2, -0.15) is 0 Å². The topological polar surface area (TPSA) is 159 Å². The molecule has 3 saturated heterocycles. The first-order valence-electron chi connectivity index (χ1n) is 20.8. The SMILES string of the molecule is CC(=O)N1CCn2c(C3CCOCC3)nc(-c3ccnc4cc(N5CCC(NC(=O)CCC#Cc6cccc7c6CN(C6CCC(=O)NC6=O)C7=O)CC5)ccc34)c2C1. The van der Waals surface area contributed by atoms with E-state index in [1.165, 1.54) is 4.90 Å². The molecule has 14 heteroatoms. The number of anilines is 1. The number of amides is 5. The normalized spacial score (nSPS) is 19.9. The number of carbonyl (C=O) groups excluding carboxylic acids is 5. The van der Waals surface area contributed by atoms with Gasteiger partial charge in [0, 0.05) is 118 Å². The molecular formula is C45H48N8O6. The van der Waals surface area contributed by atoms with Crippen molar-refractivity contribution in [3.05, 3.63) is 76.9 Å². The number of aromatic nitrogens is 3. The van der Waals surface area contributed by atoms with Crippen LogP contribution in [0.2, 0.25) is 0 Å². The monoisotopic (exact) mass is 796 g/mol. The number of ether oxygens (including phenoxy) is 1. The molecule has 4 aromatic rings. The maximum absolute atomic E-state index is 13.1. The van der Waals surface area contributed by atoms with Crippen LogP contribution in [0.3, 0.4) is 0 Å². The van der Waals surface area contributed by atoms with Gasteiger partial charge in [-0.25, -0.2) is 4.98 Å². The van der Waals surface area contributed by atoms with E-state index in [1.807, 2.05) is 23.2 Å². The Morgan fingerprint density at radius 3 is 2.58 bits per heavy atom. The van der Waals surface area contributed by atoms with E-state index in [9.17, 15) is 24.0 Å². The van der Waals surface area contributed by atoms with Gasteiger partial charge in [0.2, 0.25) is 23.6 Å². The van der Waals surface area contributed by atoms with Crippen molar-refractivity contribution >= 4 is 46.1 Å². The number of carbonyl (C=O) groups is 5. The Kier molecular flexibility index (Phi) is 10.6.